The van der Waals surface area contributed by atoms with Crippen molar-refractivity contribution in [1.82, 2.24) is 15.2 Å². The molecule has 0 radical (unpaired) electrons. The molecule has 1 N–H and O–H groups in total. The summed E-state index contributed by atoms with van der Waals surface area (Å²) in [5.74, 6) is 1.57. The van der Waals surface area contributed by atoms with Gasteiger partial charge in [-0.05, 0) is 45.0 Å². The Kier molecular flexibility index (Phi) is 6.74. The summed E-state index contributed by atoms with van der Waals surface area (Å²) in [6, 6.07) is 3.68. The van der Waals surface area contributed by atoms with Gasteiger partial charge in [0.25, 0.3) is 5.91 Å². The number of methoxy groups -OCH3 is 3. The Morgan fingerprint density at radius 3 is 2.36 bits per heavy atom. The number of ether oxygens (including phenoxy) is 3. The van der Waals surface area contributed by atoms with Crippen molar-refractivity contribution in [2.45, 2.75) is 19.8 Å². The van der Waals surface area contributed by atoms with E-state index in [1.54, 1.807) is 21.3 Å². The minimum Gasteiger partial charge on any atom is -0.493 e. The summed E-state index contributed by atoms with van der Waals surface area (Å²) in [6.07, 6.45) is 2.50. The van der Waals surface area contributed by atoms with Crippen molar-refractivity contribution in [3.8, 4) is 27.8 Å². The summed E-state index contributed by atoms with van der Waals surface area (Å²) < 4.78 is 16.2. The quantitative estimate of drug-likeness (QED) is 0.728. The van der Waals surface area contributed by atoms with Crippen LogP contribution in [-0.4, -0.2) is 63.3 Å². The van der Waals surface area contributed by atoms with Crippen molar-refractivity contribution in [3.63, 3.8) is 0 Å². The molecule has 3 rings (SSSR count). The van der Waals surface area contributed by atoms with Crippen LogP contribution in [0.25, 0.3) is 10.6 Å². The van der Waals surface area contributed by atoms with Crippen molar-refractivity contribution in [1.29, 1.82) is 0 Å². The highest BCUT2D eigenvalue weighted by atomic mass is 32.1. The Bertz CT molecular complexity index is 806. The lowest BCUT2D eigenvalue weighted by atomic mass is 10.2. The molecular weight excluding hydrogens is 378 g/mol. The van der Waals surface area contributed by atoms with Crippen molar-refractivity contribution in [3.05, 3.63) is 22.7 Å². The summed E-state index contributed by atoms with van der Waals surface area (Å²) in [4.78, 5) is 20.2. The number of aryl methyl sites for hydroxylation is 1. The number of rotatable bonds is 8. The van der Waals surface area contributed by atoms with Gasteiger partial charge < -0.3 is 24.4 Å². The molecule has 1 fully saturated rings. The molecule has 1 aliphatic heterocycles. The van der Waals surface area contributed by atoms with Crippen LogP contribution in [0.1, 0.15) is 28.2 Å². The normalized spacial score (nSPS) is 14.1. The standard InChI is InChI=1S/C20H27N3O4S/c1-13-18(19(24)21-7-10-23-8-5-6-9-23)28-20(22-13)14-11-15(25-2)17(27-4)16(12-14)26-3/h11-12H,5-10H2,1-4H3,(H,21,24). The Hall–Kier alpha value is -2.32. The first-order chi connectivity index (χ1) is 13.6. The Labute approximate surface area is 169 Å². The zero-order chi connectivity index (χ0) is 20.1. The molecule has 2 heterocycles. The maximum atomic E-state index is 12.6. The zero-order valence-electron chi connectivity index (χ0n) is 16.8. The first kappa shape index (κ1) is 20.4. The van der Waals surface area contributed by atoms with Gasteiger partial charge in [-0.2, -0.15) is 0 Å². The average Bonchev–Trinajstić information content (AvgIpc) is 3.36. The van der Waals surface area contributed by atoms with Gasteiger partial charge in [-0.3, -0.25) is 4.79 Å². The first-order valence-corrected chi connectivity index (χ1v) is 10.2. The molecule has 1 aliphatic rings. The van der Waals surface area contributed by atoms with E-state index in [0.717, 1.165) is 30.2 Å². The van der Waals surface area contributed by atoms with Crippen LogP contribution in [0.2, 0.25) is 0 Å². The molecule has 2 aromatic rings. The highest BCUT2D eigenvalue weighted by Crippen LogP contribution is 2.42. The third-order valence-electron chi connectivity index (χ3n) is 4.83. The van der Waals surface area contributed by atoms with Crippen LogP contribution in [0, 0.1) is 6.92 Å². The molecule has 0 aliphatic carbocycles. The fourth-order valence-electron chi connectivity index (χ4n) is 3.35. The summed E-state index contributed by atoms with van der Waals surface area (Å²) in [5, 5.41) is 3.75. The van der Waals surface area contributed by atoms with Crippen LogP contribution in [-0.2, 0) is 0 Å². The van der Waals surface area contributed by atoms with E-state index in [0.29, 0.717) is 34.4 Å². The van der Waals surface area contributed by atoms with Crippen LogP contribution in [0.4, 0.5) is 0 Å². The molecule has 8 heteroatoms. The number of thiazole rings is 1. The second kappa shape index (κ2) is 9.25. The maximum absolute atomic E-state index is 12.6. The van der Waals surface area contributed by atoms with E-state index in [-0.39, 0.29) is 5.91 Å². The second-order valence-corrected chi connectivity index (χ2v) is 7.65. The second-order valence-electron chi connectivity index (χ2n) is 6.65. The molecule has 152 valence electrons. The number of hydrogen-bond acceptors (Lipinski definition) is 7. The maximum Gasteiger partial charge on any atom is 0.263 e. The van der Waals surface area contributed by atoms with E-state index < -0.39 is 0 Å². The molecule has 1 aromatic carbocycles. The number of carbonyl (C=O) groups excluding carboxylic acids is 1. The largest absolute Gasteiger partial charge is 0.493 e. The van der Waals surface area contributed by atoms with Gasteiger partial charge in [0.05, 0.1) is 27.0 Å². The molecule has 1 aromatic heterocycles. The highest BCUT2D eigenvalue weighted by Gasteiger charge is 2.20. The lowest BCUT2D eigenvalue weighted by Gasteiger charge is -2.14. The topological polar surface area (TPSA) is 72.9 Å². The van der Waals surface area contributed by atoms with Crippen molar-refractivity contribution in [2.24, 2.45) is 0 Å². The fourth-order valence-corrected chi connectivity index (χ4v) is 4.32. The molecular formula is C20H27N3O4S. The number of carbonyl (C=O) groups is 1. The number of nitrogens with zero attached hydrogens (tertiary/aromatic N) is 2. The van der Waals surface area contributed by atoms with Gasteiger partial charge in [-0.1, -0.05) is 0 Å². The fraction of sp³-hybridized carbons (Fsp3) is 0.500. The average molecular weight is 406 g/mol. The molecule has 0 saturated carbocycles. The Morgan fingerprint density at radius 1 is 1.14 bits per heavy atom. The van der Waals surface area contributed by atoms with E-state index in [4.69, 9.17) is 14.2 Å². The third kappa shape index (κ3) is 4.39. The van der Waals surface area contributed by atoms with Crippen LogP contribution in [0.3, 0.4) is 0 Å². The van der Waals surface area contributed by atoms with Crippen LogP contribution in [0.5, 0.6) is 17.2 Å². The molecule has 0 spiro atoms. The molecule has 1 amide bonds. The number of hydrogen-bond donors (Lipinski definition) is 1. The van der Waals surface area contributed by atoms with E-state index in [1.807, 2.05) is 19.1 Å². The van der Waals surface area contributed by atoms with E-state index in [2.05, 4.69) is 15.2 Å². The SMILES string of the molecule is COc1cc(-c2nc(C)c(C(=O)NCCN3CCCC3)s2)cc(OC)c1OC. The van der Waals surface area contributed by atoms with Crippen LogP contribution in [0.15, 0.2) is 12.1 Å². The lowest BCUT2D eigenvalue weighted by molar-refractivity contribution is 0.0953. The van der Waals surface area contributed by atoms with Crippen molar-refractivity contribution >= 4 is 17.2 Å². The lowest BCUT2D eigenvalue weighted by Crippen LogP contribution is -2.33. The third-order valence-corrected chi connectivity index (χ3v) is 6.03. The van der Waals surface area contributed by atoms with Gasteiger partial charge in [-0.15, -0.1) is 11.3 Å². The smallest absolute Gasteiger partial charge is 0.263 e. The monoisotopic (exact) mass is 405 g/mol. The molecule has 28 heavy (non-hydrogen) atoms. The Balaban J connectivity index is 1.76. The van der Waals surface area contributed by atoms with Crippen molar-refractivity contribution in [2.75, 3.05) is 47.5 Å². The van der Waals surface area contributed by atoms with Gasteiger partial charge in [0.1, 0.15) is 9.88 Å². The van der Waals surface area contributed by atoms with Crippen LogP contribution >= 0.6 is 11.3 Å². The molecule has 0 bridgehead atoms. The van der Waals surface area contributed by atoms with E-state index in [9.17, 15) is 4.79 Å². The van der Waals surface area contributed by atoms with Gasteiger partial charge in [0.15, 0.2) is 11.5 Å². The van der Waals surface area contributed by atoms with Gasteiger partial charge in [-0.25, -0.2) is 4.98 Å². The van der Waals surface area contributed by atoms with Gasteiger partial charge >= 0.3 is 0 Å². The minimum atomic E-state index is -0.0760. The predicted molar refractivity (Wildman–Crippen MR) is 110 cm³/mol. The zero-order valence-corrected chi connectivity index (χ0v) is 17.6. The number of amides is 1. The molecule has 7 nitrogen and oxygen atoms in total. The summed E-state index contributed by atoms with van der Waals surface area (Å²) in [7, 11) is 4.72. The molecule has 0 atom stereocenters. The van der Waals surface area contributed by atoms with Gasteiger partial charge in [0.2, 0.25) is 5.75 Å². The van der Waals surface area contributed by atoms with Crippen LogP contribution < -0.4 is 19.5 Å². The summed E-state index contributed by atoms with van der Waals surface area (Å²) >= 11 is 1.37. The number of benzene rings is 1. The first-order valence-electron chi connectivity index (χ1n) is 9.35. The molecule has 0 unspecified atom stereocenters. The van der Waals surface area contributed by atoms with E-state index in [1.165, 1.54) is 24.2 Å². The minimum absolute atomic E-state index is 0.0760. The molecule has 1 saturated heterocycles. The summed E-state index contributed by atoms with van der Waals surface area (Å²) in [6.45, 7) is 5.65. The number of likely N-dealkylation sites (tertiary alicyclic amines) is 1. The van der Waals surface area contributed by atoms with Gasteiger partial charge in [0, 0.05) is 18.7 Å². The van der Waals surface area contributed by atoms with E-state index >= 15 is 0 Å². The number of aromatic nitrogens is 1. The van der Waals surface area contributed by atoms with Crippen molar-refractivity contribution < 1.29 is 19.0 Å². The summed E-state index contributed by atoms with van der Waals surface area (Å²) in [5.41, 5.74) is 1.53. The number of nitrogens with one attached hydrogen (secondary N) is 1. The Morgan fingerprint density at radius 2 is 1.79 bits per heavy atom. The highest BCUT2D eigenvalue weighted by molar-refractivity contribution is 7.17. The predicted octanol–water partition coefficient (Wildman–Crippen LogP) is 2.97.